The summed E-state index contributed by atoms with van der Waals surface area (Å²) in [6, 6.07) is 13.0. The largest absolute Gasteiger partial charge is 0.451 e. The molecule has 0 saturated carbocycles. The molecule has 25 heavy (non-hydrogen) atoms. The Balaban J connectivity index is 1.71. The first-order valence-electron chi connectivity index (χ1n) is 7.59. The number of halogens is 1. The second-order valence-electron chi connectivity index (χ2n) is 5.52. The highest BCUT2D eigenvalue weighted by molar-refractivity contribution is 9.10. The molecule has 0 spiro atoms. The molecule has 0 fully saturated rings. The van der Waals surface area contributed by atoms with E-state index in [1.807, 2.05) is 49.4 Å². The maximum Gasteiger partial charge on any atom is 0.291 e. The van der Waals surface area contributed by atoms with Crippen LogP contribution in [-0.2, 0) is 0 Å². The van der Waals surface area contributed by atoms with Gasteiger partial charge in [0.05, 0.1) is 23.8 Å². The first-order valence-corrected chi connectivity index (χ1v) is 8.38. The first kappa shape index (κ1) is 15.6. The van der Waals surface area contributed by atoms with Crippen molar-refractivity contribution in [1.82, 2.24) is 15.0 Å². The number of aromatic nitrogens is 3. The second kappa shape index (κ2) is 6.18. The van der Waals surface area contributed by atoms with E-state index in [0.717, 1.165) is 21.1 Å². The van der Waals surface area contributed by atoms with Crippen LogP contribution in [0.25, 0.3) is 16.7 Å². The molecule has 124 valence electrons. The molecule has 1 N–H and O–H groups in total. The normalized spacial score (nSPS) is 11.0. The van der Waals surface area contributed by atoms with E-state index in [4.69, 9.17) is 4.42 Å². The summed E-state index contributed by atoms with van der Waals surface area (Å²) in [5.41, 5.74) is 2.83. The van der Waals surface area contributed by atoms with E-state index in [0.29, 0.717) is 17.0 Å². The molecule has 0 aliphatic rings. The van der Waals surface area contributed by atoms with Crippen molar-refractivity contribution in [3.63, 3.8) is 0 Å². The number of amides is 1. The summed E-state index contributed by atoms with van der Waals surface area (Å²) in [7, 11) is 0. The van der Waals surface area contributed by atoms with Gasteiger partial charge in [-0.3, -0.25) is 4.79 Å². The number of hydrogen-bond donors (Lipinski definition) is 1. The van der Waals surface area contributed by atoms with E-state index in [-0.39, 0.29) is 5.91 Å². The molecule has 6 nitrogen and oxygen atoms in total. The molecule has 0 aliphatic carbocycles. The van der Waals surface area contributed by atoms with Crippen LogP contribution in [0.15, 0.2) is 63.7 Å². The lowest BCUT2D eigenvalue weighted by atomic mass is 10.1. The molecule has 0 bridgehead atoms. The van der Waals surface area contributed by atoms with Gasteiger partial charge in [0.15, 0.2) is 5.76 Å². The third kappa shape index (κ3) is 2.83. The maximum absolute atomic E-state index is 12.7. The maximum atomic E-state index is 12.7. The standard InChI is InChI=1S/C18H13BrN4O2/c1-11-13-10-12(19)6-7-16(13)25-17(11)18(24)21-14-4-2-3-5-15(14)23-9-8-20-22-23/h2-10H,1H3,(H,21,24). The molecule has 0 saturated heterocycles. The summed E-state index contributed by atoms with van der Waals surface area (Å²) in [6.07, 6.45) is 3.30. The predicted molar refractivity (Wildman–Crippen MR) is 98.0 cm³/mol. The van der Waals surface area contributed by atoms with Crippen LogP contribution in [0.1, 0.15) is 16.1 Å². The van der Waals surface area contributed by atoms with Gasteiger partial charge in [-0.1, -0.05) is 33.3 Å². The van der Waals surface area contributed by atoms with Crippen molar-refractivity contribution in [3.8, 4) is 5.69 Å². The van der Waals surface area contributed by atoms with E-state index >= 15 is 0 Å². The van der Waals surface area contributed by atoms with Gasteiger partial charge in [-0.25, -0.2) is 4.68 Å². The summed E-state index contributed by atoms with van der Waals surface area (Å²) >= 11 is 3.44. The Labute approximate surface area is 151 Å². The van der Waals surface area contributed by atoms with Crippen molar-refractivity contribution in [2.45, 2.75) is 6.92 Å². The number of fused-ring (bicyclic) bond motifs is 1. The summed E-state index contributed by atoms with van der Waals surface area (Å²) < 4.78 is 8.28. The SMILES string of the molecule is Cc1c(C(=O)Nc2ccccc2-n2ccnn2)oc2ccc(Br)cc12. The molecule has 7 heteroatoms. The second-order valence-corrected chi connectivity index (χ2v) is 6.43. The highest BCUT2D eigenvalue weighted by atomic mass is 79.9. The fraction of sp³-hybridized carbons (Fsp3) is 0.0556. The Bertz CT molecular complexity index is 1070. The molecule has 0 unspecified atom stereocenters. The van der Waals surface area contributed by atoms with Crippen LogP contribution in [-0.4, -0.2) is 20.9 Å². The van der Waals surface area contributed by atoms with Gasteiger partial charge in [-0.15, -0.1) is 5.10 Å². The zero-order chi connectivity index (χ0) is 17.4. The number of anilines is 1. The number of rotatable bonds is 3. The van der Waals surface area contributed by atoms with E-state index in [9.17, 15) is 4.79 Å². The van der Waals surface area contributed by atoms with Crippen molar-refractivity contribution < 1.29 is 9.21 Å². The molecule has 4 aromatic rings. The van der Waals surface area contributed by atoms with Gasteiger partial charge in [-0.05, 0) is 37.3 Å². The molecule has 2 aromatic carbocycles. The zero-order valence-corrected chi connectivity index (χ0v) is 14.8. The lowest BCUT2D eigenvalue weighted by Gasteiger charge is -2.09. The van der Waals surface area contributed by atoms with Crippen LogP contribution >= 0.6 is 15.9 Å². The minimum absolute atomic E-state index is 0.293. The van der Waals surface area contributed by atoms with E-state index < -0.39 is 0 Å². The van der Waals surface area contributed by atoms with Gasteiger partial charge >= 0.3 is 0 Å². The van der Waals surface area contributed by atoms with Gasteiger partial charge in [0.1, 0.15) is 5.58 Å². The minimum Gasteiger partial charge on any atom is -0.451 e. The number of para-hydroxylation sites is 2. The monoisotopic (exact) mass is 396 g/mol. The Hall–Kier alpha value is -2.93. The van der Waals surface area contributed by atoms with Gasteiger partial charge in [0, 0.05) is 15.4 Å². The first-order chi connectivity index (χ1) is 12.1. The Morgan fingerprint density at radius 3 is 2.88 bits per heavy atom. The number of aryl methyl sites for hydroxylation is 1. The van der Waals surface area contributed by atoms with Gasteiger partial charge in [0.2, 0.25) is 0 Å². The van der Waals surface area contributed by atoms with Crippen LogP contribution in [0, 0.1) is 6.92 Å². The van der Waals surface area contributed by atoms with E-state index in [1.54, 1.807) is 17.1 Å². The minimum atomic E-state index is -0.308. The number of furan rings is 1. The summed E-state index contributed by atoms with van der Waals surface area (Å²) in [4.78, 5) is 12.7. The van der Waals surface area contributed by atoms with Crippen LogP contribution in [0.3, 0.4) is 0 Å². The third-order valence-electron chi connectivity index (χ3n) is 3.93. The van der Waals surface area contributed by atoms with Crippen LogP contribution in [0.2, 0.25) is 0 Å². The van der Waals surface area contributed by atoms with Gasteiger partial charge < -0.3 is 9.73 Å². The number of hydrogen-bond acceptors (Lipinski definition) is 4. The average Bonchev–Trinajstić information content (AvgIpc) is 3.24. The smallest absolute Gasteiger partial charge is 0.291 e. The molecular formula is C18H13BrN4O2. The van der Waals surface area contributed by atoms with E-state index in [1.165, 1.54) is 0 Å². The Morgan fingerprint density at radius 2 is 2.08 bits per heavy atom. The molecule has 0 atom stereocenters. The third-order valence-corrected chi connectivity index (χ3v) is 4.42. The Morgan fingerprint density at radius 1 is 1.24 bits per heavy atom. The number of benzene rings is 2. The molecule has 4 rings (SSSR count). The fourth-order valence-corrected chi connectivity index (χ4v) is 3.07. The molecular weight excluding hydrogens is 384 g/mol. The van der Waals surface area contributed by atoms with Crippen molar-refractivity contribution in [1.29, 1.82) is 0 Å². The number of nitrogens with zero attached hydrogens (tertiary/aromatic N) is 3. The topological polar surface area (TPSA) is 73.0 Å². The fourth-order valence-electron chi connectivity index (χ4n) is 2.70. The quantitative estimate of drug-likeness (QED) is 0.558. The average molecular weight is 397 g/mol. The summed E-state index contributed by atoms with van der Waals surface area (Å²) in [5, 5.41) is 11.6. The lowest BCUT2D eigenvalue weighted by Crippen LogP contribution is -2.14. The van der Waals surface area contributed by atoms with Crippen LogP contribution in [0.5, 0.6) is 0 Å². The van der Waals surface area contributed by atoms with Crippen molar-refractivity contribution >= 4 is 38.5 Å². The summed E-state index contributed by atoms with van der Waals surface area (Å²) in [5.74, 6) is -0.0149. The highest BCUT2D eigenvalue weighted by Gasteiger charge is 2.19. The predicted octanol–water partition coefficient (Wildman–Crippen LogP) is 4.34. The number of carbonyl (C=O) groups is 1. The van der Waals surface area contributed by atoms with Crippen LogP contribution in [0.4, 0.5) is 5.69 Å². The van der Waals surface area contributed by atoms with E-state index in [2.05, 4.69) is 31.6 Å². The molecule has 0 aliphatic heterocycles. The lowest BCUT2D eigenvalue weighted by molar-refractivity contribution is 0.0998. The van der Waals surface area contributed by atoms with Crippen molar-refractivity contribution in [3.05, 3.63) is 70.7 Å². The zero-order valence-electron chi connectivity index (χ0n) is 13.2. The molecule has 0 radical (unpaired) electrons. The van der Waals surface area contributed by atoms with Crippen LogP contribution < -0.4 is 5.32 Å². The number of carbonyl (C=O) groups excluding carboxylic acids is 1. The highest BCUT2D eigenvalue weighted by Crippen LogP contribution is 2.29. The Kier molecular flexibility index (Phi) is 3.85. The number of nitrogens with one attached hydrogen (secondary N) is 1. The van der Waals surface area contributed by atoms with Gasteiger partial charge in [0.25, 0.3) is 5.91 Å². The van der Waals surface area contributed by atoms with Crippen molar-refractivity contribution in [2.75, 3.05) is 5.32 Å². The molecule has 2 heterocycles. The molecule has 1 amide bonds. The summed E-state index contributed by atoms with van der Waals surface area (Å²) in [6.45, 7) is 1.87. The molecule has 2 aromatic heterocycles. The van der Waals surface area contributed by atoms with Crippen molar-refractivity contribution in [2.24, 2.45) is 0 Å². The van der Waals surface area contributed by atoms with Gasteiger partial charge in [-0.2, -0.15) is 0 Å².